The van der Waals surface area contributed by atoms with Crippen molar-refractivity contribution in [2.45, 2.75) is 0 Å². The number of carbonyl (C=O) groups excluding carboxylic acids is 1. The maximum Gasteiger partial charge on any atom is 0.150 e. The van der Waals surface area contributed by atoms with Crippen LogP contribution in [0.1, 0.15) is 16.2 Å². The second-order valence-corrected chi connectivity index (χ2v) is 5.81. The molecule has 0 aliphatic carbocycles. The third-order valence-corrected chi connectivity index (χ3v) is 4.18. The van der Waals surface area contributed by atoms with Crippen molar-refractivity contribution >= 4 is 63.7 Å². The van der Waals surface area contributed by atoms with E-state index in [1.54, 1.807) is 0 Å². The molecule has 0 aliphatic rings. The van der Waals surface area contributed by atoms with Gasteiger partial charge < -0.3 is 9.90 Å². The van der Waals surface area contributed by atoms with Gasteiger partial charge in [0.1, 0.15) is 16.4 Å². The van der Waals surface area contributed by atoms with Crippen LogP contribution in [0.4, 0.5) is 5.69 Å². The summed E-state index contributed by atoms with van der Waals surface area (Å²) < 4.78 is 0. The zero-order valence-electron chi connectivity index (χ0n) is 12.2. The van der Waals surface area contributed by atoms with Gasteiger partial charge >= 0.3 is 0 Å². The average molecular weight is 396 g/mol. The normalized spacial score (nSPS) is 11.2. The lowest BCUT2D eigenvalue weighted by Crippen LogP contribution is -2.24. The lowest BCUT2D eigenvalue weighted by atomic mass is 10.3. The lowest BCUT2D eigenvalue weighted by molar-refractivity contribution is -0.255. The molecule has 0 atom stereocenters. The van der Waals surface area contributed by atoms with E-state index in [-0.39, 0.29) is 20.9 Å². The molecule has 0 unspecified atom stereocenters. The Bertz CT molecular complexity index is 1010. The lowest BCUT2D eigenvalue weighted by Gasteiger charge is -2.12. The Balaban J connectivity index is 1.89. The van der Waals surface area contributed by atoms with E-state index >= 15 is 0 Å². The van der Waals surface area contributed by atoms with E-state index < -0.39 is 11.7 Å². The van der Waals surface area contributed by atoms with Gasteiger partial charge in [-0.05, 0) is 12.1 Å². The van der Waals surface area contributed by atoms with Gasteiger partial charge in [-0.1, -0.05) is 46.9 Å². The van der Waals surface area contributed by atoms with Crippen molar-refractivity contribution in [3.63, 3.8) is 0 Å². The van der Waals surface area contributed by atoms with Crippen LogP contribution >= 0.6 is 34.8 Å². The number of fused-ring (bicyclic) bond motifs is 1. The van der Waals surface area contributed by atoms with Crippen molar-refractivity contribution in [2.24, 2.45) is 5.10 Å². The third-order valence-electron chi connectivity index (χ3n) is 3.07. The molecular weight excluding hydrogens is 389 g/mol. The molecule has 0 aliphatic heterocycles. The number of aromatic carboxylic acids is 1. The van der Waals surface area contributed by atoms with E-state index in [2.05, 4.69) is 25.5 Å². The van der Waals surface area contributed by atoms with Gasteiger partial charge in [-0.3, -0.25) is 10.4 Å². The van der Waals surface area contributed by atoms with E-state index in [9.17, 15) is 9.90 Å². The first-order valence-electron chi connectivity index (χ1n) is 6.74. The first kappa shape index (κ1) is 17.3. The van der Waals surface area contributed by atoms with E-state index in [1.807, 2.05) is 24.3 Å². The summed E-state index contributed by atoms with van der Waals surface area (Å²) in [6.45, 7) is 0. The Morgan fingerprint density at radius 1 is 1.12 bits per heavy atom. The maximum atomic E-state index is 11.0. The highest BCUT2D eigenvalue weighted by atomic mass is 35.5. The minimum absolute atomic E-state index is 0.00692. The number of carboxylic acids is 1. The molecule has 0 fully saturated rings. The Kier molecular flexibility index (Phi) is 4.98. The summed E-state index contributed by atoms with van der Waals surface area (Å²) in [7, 11) is 0. The van der Waals surface area contributed by atoms with Gasteiger partial charge in [-0.15, -0.1) is 0 Å². The van der Waals surface area contributed by atoms with Gasteiger partial charge in [0.05, 0.1) is 40.1 Å². The van der Waals surface area contributed by atoms with Crippen LogP contribution in [0.3, 0.4) is 0 Å². The van der Waals surface area contributed by atoms with Crippen LogP contribution in [-0.2, 0) is 0 Å². The molecule has 10 heteroatoms. The highest BCUT2D eigenvalue weighted by Gasteiger charge is 2.16. The molecule has 1 N–H and O–H groups in total. The van der Waals surface area contributed by atoms with Crippen molar-refractivity contribution in [3.8, 4) is 0 Å². The second kappa shape index (κ2) is 7.18. The van der Waals surface area contributed by atoms with Gasteiger partial charge in [0, 0.05) is 0 Å². The zero-order valence-corrected chi connectivity index (χ0v) is 14.5. The van der Waals surface area contributed by atoms with Gasteiger partial charge in [-0.2, -0.15) is 5.10 Å². The number of benzene rings is 1. The van der Waals surface area contributed by atoms with Gasteiger partial charge in [0.25, 0.3) is 0 Å². The fourth-order valence-corrected chi connectivity index (χ4v) is 2.61. The largest absolute Gasteiger partial charge is 0.543 e. The molecule has 0 bridgehead atoms. The van der Waals surface area contributed by atoms with Crippen molar-refractivity contribution in [1.82, 2.24) is 15.0 Å². The molecule has 1 aromatic carbocycles. The number of rotatable bonds is 4. The summed E-state index contributed by atoms with van der Waals surface area (Å²) in [6, 6.07) is 7.35. The first-order valence-corrected chi connectivity index (χ1v) is 7.87. The highest BCUT2D eigenvalue weighted by Crippen LogP contribution is 2.36. The summed E-state index contributed by atoms with van der Waals surface area (Å²) in [5, 5.41) is 14.4. The van der Waals surface area contributed by atoms with Crippen molar-refractivity contribution < 1.29 is 9.90 Å². The Morgan fingerprint density at radius 2 is 1.84 bits per heavy atom. The van der Waals surface area contributed by atoms with E-state index in [0.717, 1.165) is 5.52 Å². The predicted octanol–water partition coefficient (Wildman–Crippen LogP) is 2.79. The van der Waals surface area contributed by atoms with Crippen LogP contribution in [0.2, 0.25) is 15.2 Å². The van der Waals surface area contributed by atoms with Crippen molar-refractivity contribution in [1.29, 1.82) is 0 Å². The molecule has 2 heterocycles. The average Bonchev–Trinajstić information content (AvgIpc) is 2.60. The number of carbonyl (C=O) groups is 1. The number of hydrazone groups is 1. The van der Waals surface area contributed by atoms with E-state index in [0.29, 0.717) is 11.2 Å². The predicted molar refractivity (Wildman–Crippen MR) is 94.4 cm³/mol. The number of hydrogen-bond donors (Lipinski definition) is 1. The molecule has 0 saturated carbocycles. The molecule has 7 nitrogen and oxygen atoms in total. The Hall–Kier alpha value is -2.48. The van der Waals surface area contributed by atoms with Crippen LogP contribution in [0.25, 0.3) is 11.0 Å². The number of pyridine rings is 1. The summed E-state index contributed by atoms with van der Waals surface area (Å²) >= 11 is 17.7. The van der Waals surface area contributed by atoms with Crippen molar-refractivity contribution in [3.05, 3.63) is 57.0 Å². The Morgan fingerprint density at radius 3 is 2.56 bits per heavy atom. The zero-order chi connectivity index (χ0) is 18.0. The molecule has 0 radical (unpaired) electrons. The minimum Gasteiger partial charge on any atom is -0.543 e. The molecular formula is C15H7Cl3N5O2-. The molecule has 3 rings (SSSR count). The minimum atomic E-state index is -1.59. The fourth-order valence-electron chi connectivity index (χ4n) is 1.94. The molecule has 126 valence electrons. The van der Waals surface area contributed by atoms with E-state index in [1.165, 1.54) is 12.4 Å². The number of para-hydroxylation sites is 2. The Labute approximate surface area is 156 Å². The van der Waals surface area contributed by atoms with Crippen LogP contribution < -0.4 is 10.5 Å². The van der Waals surface area contributed by atoms with Crippen LogP contribution in [0, 0.1) is 0 Å². The first-order chi connectivity index (χ1) is 12.0. The molecule has 25 heavy (non-hydrogen) atoms. The van der Waals surface area contributed by atoms with Crippen molar-refractivity contribution in [2.75, 3.05) is 5.43 Å². The molecule has 3 aromatic rings. The standard InChI is InChI=1S/C15H8Cl3N5O2/c16-10-12(11(17)14(18)22-13(10)15(24)25)23-20-6-7-5-19-8-3-1-2-4-9(8)21-7/h1-6H,(H,22,23)(H,24,25)/p-1/b20-6-. The topological polar surface area (TPSA) is 103 Å². The molecule has 0 saturated heterocycles. The summed E-state index contributed by atoms with van der Waals surface area (Å²) in [5.41, 5.74) is 3.91. The summed E-state index contributed by atoms with van der Waals surface area (Å²) in [6.07, 6.45) is 2.90. The molecule has 2 aromatic heterocycles. The smallest absolute Gasteiger partial charge is 0.150 e. The summed E-state index contributed by atoms with van der Waals surface area (Å²) in [5.74, 6) is -1.59. The van der Waals surface area contributed by atoms with Crippen LogP contribution in [0.15, 0.2) is 35.6 Å². The van der Waals surface area contributed by atoms with Crippen LogP contribution in [-0.4, -0.2) is 27.1 Å². The number of aromatic nitrogens is 3. The highest BCUT2D eigenvalue weighted by molar-refractivity contribution is 6.46. The van der Waals surface area contributed by atoms with Gasteiger partial charge in [-0.25, -0.2) is 9.97 Å². The number of hydrogen-bond acceptors (Lipinski definition) is 7. The number of nitrogens with one attached hydrogen (secondary N) is 1. The van der Waals surface area contributed by atoms with Gasteiger partial charge in [0.15, 0.2) is 5.15 Å². The maximum absolute atomic E-state index is 11.0. The fraction of sp³-hybridized carbons (Fsp3) is 0. The van der Waals surface area contributed by atoms with E-state index in [4.69, 9.17) is 34.8 Å². The van der Waals surface area contributed by atoms with Gasteiger partial charge in [0.2, 0.25) is 0 Å². The number of nitrogens with zero attached hydrogens (tertiary/aromatic N) is 4. The number of anilines is 1. The monoisotopic (exact) mass is 394 g/mol. The molecule has 0 spiro atoms. The number of carboxylic acid groups (broad SMARTS) is 1. The molecule has 0 amide bonds. The SMILES string of the molecule is O=C([O-])c1nc(Cl)c(Cl)c(N/N=C\c2cnc3ccccc3n2)c1Cl. The quantitative estimate of drug-likeness (QED) is 0.414. The summed E-state index contributed by atoms with van der Waals surface area (Å²) in [4.78, 5) is 23.2. The van der Waals surface area contributed by atoms with Crippen LogP contribution in [0.5, 0.6) is 0 Å². The third kappa shape index (κ3) is 3.63. The number of halogens is 3. The second-order valence-electron chi connectivity index (χ2n) is 4.70.